The standard InChI is InChI=1S/C25H30FN3O2S/c1-25(2,3)29-23(18-4-6-19(26)7-5-18)22(15-27-29)24-28-20(16-32-24)8-9-21(30)14-17-10-12-31-13-11-17/h4-7,15-17H,8-14H2,1-3H3. The van der Waals surface area contributed by atoms with Crippen LogP contribution in [0.4, 0.5) is 4.39 Å². The Morgan fingerprint density at radius 3 is 2.62 bits per heavy atom. The Bertz CT molecular complexity index is 1060. The molecule has 0 unspecified atom stereocenters. The molecule has 5 nitrogen and oxygen atoms in total. The molecule has 1 aliphatic heterocycles. The summed E-state index contributed by atoms with van der Waals surface area (Å²) in [5.74, 6) is 0.502. The van der Waals surface area contributed by atoms with Gasteiger partial charge in [0, 0.05) is 37.0 Å². The normalized spacial score (nSPS) is 15.2. The third kappa shape index (κ3) is 5.33. The van der Waals surface area contributed by atoms with Gasteiger partial charge in [-0.2, -0.15) is 5.10 Å². The number of carbonyl (C=O) groups excluding carboxylic acids is 1. The summed E-state index contributed by atoms with van der Waals surface area (Å²) in [7, 11) is 0. The van der Waals surface area contributed by atoms with Crippen molar-refractivity contribution in [1.82, 2.24) is 14.8 Å². The fraction of sp³-hybridized carbons (Fsp3) is 0.480. The largest absolute Gasteiger partial charge is 0.381 e. The van der Waals surface area contributed by atoms with Gasteiger partial charge >= 0.3 is 0 Å². The van der Waals surface area contributed by atoms with Gasteiger partial charge in [0.1, 0.15) is 16.6 Å². The molecule has 0 saturated carbocycles. The summed E-state index contributed by atoms with van der Waals surface area (Å²) in [4.78, 5) is 17.2. The van der Waals surface area contributed by atoms with Crippen LogP contribution >= 0.6 is 11.3 Å². The smallest absolute Gasteiger partial charge is 0.133 e. The molecule has 4 rings (SSSR count). The van der Waals surface area contributed by atoms with Crippen LogP contribution in [0.2, 0.25) is 0 Å². The van der Waals surface area contributed by atoms with E-state index in [2.05, 4.69) is 25.9 Å². The number of halogens is 1. The lowest BCUT2D eigenvalue weighted by molar-refractivity contribution is -0.120. The van der Waals surface area contributed by atoms with E-state index in [9.17, 15) is 9.18 Å². The third-order valence-corrected chi connectivity index (χ3v) is 6.75. The van der Waals surface area contributed by atoms with E-state index in [1.54, 1.807) is 23.5 Å². The van der Waals surface area contributed by atoms with E-state index in [1.165, 1.54) is 12.1 Å². The summed E-state index contributed by atoms with van der Waals surface area (Å²) in [6.07, 6.45) is 5.62. The highest BCUT2D eigenvalue weighted by Crippen LogP contribution is 2.37. The summed E-state index contributed by atoms with van der Waals surface area (Å²) >= 11 is 1.56. The van der Waals surface area contributed by atoms with Crippen molar-refractivity contribution >= 4 is 17.1 Å². The van der Waals surface area contributed by atoms with Crippen LogP contribution in [0.25, 0.3) is 21.8 Å². The van der Waals surface area contributed by atoms with E-state index in [1.807, 2.05) is 16.3 Å². The van der Waals surface area contributed by atoms with Crippen molar-refractivity contribution in [3.05, 3.63) is 47.4 Å². The first-order chi connectivity index (χ1) is 15.3. The monoisotopic (exact) mass is 455 g/mol. The minimum atomic E-state index is -0.265. The number of carbonyl (C=O) groups is 1. The maximum absolute atomic E-state index is 13.5. The highest BCUT2D eigenvalue weighted by molar-refractivity contribution is 7.13. The highest BCUT2D eigenvalue weighted by atomic mass is 32.1. The van der Waals surface area contributed by atoms with Crippen LogP contribution in [0.3, 0.4) is 0 Å². The Morgan fingerprint density at radius 2 is 1.94 bits per heavy atom. The average molecular weight is 456 g/mol. The van der Waals surface area contributed by atoms with E-state index in [4.69, 9.17) is 9.72 Å². The molecule has 7 heteroatoms. The summed E-state index contributed by atoms with van der Waals surface area (Å²) in [5, 5.41) is 7.53. The van der Waals surface area contributed by atoms with Crippen LogP contribution in [0.5, 0.6) is 0 Å². The molecule has 0 N–H and O–H groups in total. The molecule has 1 aliphatic rings. The lowest BCUT2D eigenvalue weighted by atomic mass is 9.93. The Balaban J connectivity index is 1.51. The Hall–Kier alpha value is -2.38. The van der Waals surface area contributed by atoms with Crippen molar-refractivity contribution in [3.63, 3.8) is 0 Å². The molecule has 0 radical (unpaired) electrons. The minimum Gasteiger partial charge on any atom is -0.381 e. The average Bonchev–Trinajstić information content (AvgIpc) is 3.40. The van der Waals surface area contributed by atoms with Gasteiger partial charge in [-0.05, 0) is 70.2 Å². The molecule has 1 fully saturated rings. The first kappa shape index (κ1) is 22.8. The fourth-order valence-corrected chi connectivity index (χ4v) is 4.95. The van der Waals surface area contributed by atoms with Crippen molar-refractivity contribution in [2.75, 3.05) is 13.2 Å². The van der Waals surface area contributed by atoms with Gasteiger partial charge in [0.05, 0.1) is 28.7 Å². The number of benzene rings is 1. The molecule has 0 spiro atoms. The van der Waals surface area contributed by atoms with Gasteiger partial charge in [-0.15, -0.1) is 11.3 Å². The summed E-state index contributed by atoms with van der Waals surface area (Å²) in [6, 6.07) is 6.50. The Morgan fingerprint density at radius 1 is 1.22 bits per heavy atom. The molecular weight excluding hydrogens is 425 g/mol. The number of hydrogen-bond donors (Lipinski definition) is 0. The van der Waals surface area contributed by atoms with Crippen LogP contribution in [-0.2, 0) is 21.5 Å². The Kier molecular flexibility index (Phi) is 6.86. The van der Waals surface area contributed by atoms with Crippen LogP contribution in [0, 0.1) is 11.7 Å². The maximum atomic E-state index is 13.5. The number of aromatic nitrogens is 3. The molecule has 3 aromatic rings. The van der Waals surface area contributed by atoms with E-state index in [-0.39, 0.29) is 11.4 Å². The molecule has 32 heavy (non-hydrogen) atoms. The first-order valence-corrected chi connectivity index (χ1v) is 12.1. The van der Waals surface area contributed by atoms with Gasteiger partial charge in [0.15, 0.2) is 0 Å². The van der Waals surface area contributed by atoms with Crippen LogP contribution in [0.15, 0.2) is 35.8 Å². The predicted molar refractivity (Wildman–Crippen MR) is 125 cm³/mol. The third-order valence-electron chi connectivity index (χ3n) is 5.82. The molecule has 0 amide bonds. The van der Waals surface area contributed by atoms with Gasteiger partial charge in [-0.25, -0.2) is 9.37 Å². The molecule has 0 bridgehead atoms. The van der Waals surface area contributed by atoms with Crippen molar-refractivity contribution in [3.8, 4) is 21.8 Å². The van der Waals surface area contributed by atoms with Gasteiger partial charge in [0.25, 0.3) is 0 Å². The minimum absolute atomic E-state index is 0.237. The number of aryl methyl sites for hydroxylation is 1. The van der Waals surface area contributed by atoms with Gasteiger partial charge in [-0.3, -0.25) is 9.48 Å². The molecule has 2 aromatic heterocycles. The zero-order valence-electron chi connectivity index (χ0n) is 18.9. The highest BCUT2D eigenvalue weighted by Gasteiger charge is 2.24. The molecule has 1 saturated heterocycles. The zero-order valence-corrected chi connectivity index (χ0v) is 19.8. The molecule has 3 heterocycles. The molecular formula is C25H30FN3O2S. The quantitative estimate of drug-likeness (QED) is 0.446. The van der Waals surface area contributed by atoms with Crippen LogP contribution < -0.4 is 0 Å². The lowest BCUT2D eigenvalue weighted by Crippen LogP contribution is -2.24. The second kappa shape index (κ2) is 9.63. The van der Waals surface area contributed by atoms with E-state index in [0.717, 1.165) is 53.6 Å². The molecule has 0 atom stereocenters. The van der Waals surface area contributed by atoms with Gasteiger partial charge < -0.3 is 4.74 Å². The second-order valence-corrected chi connectivity index (χ2v) is 10.3. The fourth-order valence-electron chi connectivity index (χ4n) is 4.09. The summed E-state index contributed by atoms with van der Waals surface area (Å²) in [5.41, 5.74) is 3.44. The number of hydrogen-bond acceptors (Lipinski definition) is 5. The van der Waals surface area contributed by atoms with Gasteiger partial charge in [-0.1, -0.05) is 0 Å². The zero-order chi connectivity index (χ0) is 22.7. The number of rotatable bonds is 7. The lowest BCUT2D eigenvalue weighted by Gasteiger charge is -2.23. The summed E-state index contributed by atoms with van der Waals surface area (Å²) in [6.45, 7) is 7.81. The maximum Gasteiger partial charge on any atom is 0.133 e. The van der Waals surface area contributed by atoms with Crippen molar-refractivity contribution in [2.45, 2.75) is 58.4 Å². The van der Waals surface area contributed by atoms with Crippen LogP contribution in [-0.4, -0.2) is 33.8 Å². The van der Waals surface area contributed by atoms with E-state index in [0.29, 0.717) is 31.0 Å². The predicted octanol–water partition coefficient (Wildman–Crippen LogP) is 5.89. The SMILES string of the molecule is CC(C)(C)n1ncc(-c2nc(CCC(=O)CC3CCOCC3)cs2)c1-c1ccc(F)cc1. The Labute approximate surface area is 192 Å². The first-order valence-electron chi connectivity index (χ1n) is 11.2. The van der Waals surface area contributed by atoms with Crippen LogP contribution in [0.1, 0.15) is 52.1 Å². The molecule has 0 aliphatic carbocycles. The number of nitrogens with zero attached hydrogens (tertiary/aromatic N) is 3. The van der Waals surface area contributed by atoms with E-state index < -0.39 is 0 Å². The van der Waals surface area contributed by atoms with E-state index >= 15 is 0 Å². The number of ether oxygens (including phenoxy) is 1. The van der Waals surface area contributed by atoms with Crippen molar-refractivity contribution < 1.29 is 13.9 Å². The second-order valence-electron chi connectivity index (χ2n) is 9.44. The van der Waals surface area contributed by atoms with Crippen molar-refractivity contribution in [2.24, 2.45) is 5.92 Å². The molecule has 1 aromatic carbocycles. The number of ketones is 1. The van der Waals surface area contributed by atoms with Crippen molar-refractivity contribution in [1.29, 1.82) is 0 Å². The summed E-state index contributed by atoms with van der Waals surface area (Å²) < 4.78 is 20.9. The topological polar surface area (TPSA) is 57.0 Å². The molecule has 170 valence electrons. The number of Topliss-reactive ketones (excluding diaryl/α,β-unsaturated/α-hetero) is 1. The van der Waals surface area contributed by atoms with Gasteiger partial charge in [0.2, 0.25) is 0 Å². The number of thiazole rings is 1.